The molecule has 2 aliphatic rings. The molecule has 1 aliphatic carbocycles. The summed E-state index contributed by atoms with van der Waals surface area (Å²) in [5.41, 5.74) is 4.21. The average molecular weight is 372 g/mol. The van der Waals surface area contributed by atoms with Crippen LogP contribution in [-0.2, 0) is 10.4 Å². The molecule has 2 aromatic rings. The van der Waals surface area contributed by atoms with Gasteiger partial charge in [0.2, 0.25) is 0 Å². The van der Waals surface area contributed by atoms with Gasteiger partial charge in [-0.1, -0.05) is 30.3 Å². The zero-order chi connectivity index (χ0) is 19.2. The van der Waals surface area contributed by atoms with E-state index in [1.54, 1.807) is 24.3 Å². The van der Waals surface area contributed by atoms with E-state index < -0.39 is 23.1 Å². The molecule has 1 unspecified atom stereocenters. The van der Waals surface area contributed by atoms with E-state index in [2.05, 4.69) is 0 Å². The van der Waals surface area contributed by atoms with Crippen LogP contribution in [0.2, 0.25) is 0 Å². The van der Waals surface area contributed by atoms with Gasteiger partial charge in [-0.05, 0) is 43.7 Å². The lowest BCUT2D eigenvalue weighted by Crippen LogP contribution is -2.44. The van der Waals surface area contributed by atoms with E-state index in [0.29, 0.717) is 12.2 Å². The molecular formula is C21H22F2N2O2. The number of benzene rings is 2. The van der Waals surface area contributed by atoms with Crippen molar-refractivity contribution in [2.45, 2.75) is 37.3 Å². The van der Waals surface area contributed by atoms with Crippen molar-refractivity contribution in [3.63, 3.8) is 0 Å². The van der Waals surface area contributed by atoms with E-state index in [9.17, 15) is 18.7 Å². The summed E-state index contributed by atoms with van der Waals surface area (Å²) in [5.74, 6) is -2.66. The molecule has 1 amide bonds. The Morgan fingerprint density at radius 1 is 1.04 bits per heavy atom. The number of nitrogens with two attached hydrogens (primary N) is 1. The predicted octanol–water partition coefficient (Wildman–Crippen LogP) is 3.06. The molecule has 1 heterocycles. The van der Waals surface area contributed by atoms with Crippen LogP contribution in [-0.4, -0.2) is 23.6 Å². The fraction of sp³-hybridized carbons (Fsp3) is 0.381. The topological polar surface area (TPSA) is 66.6 Å². The Morgan fingerprint density at radius 3 is 2.44 bits per heavy atom. The van der Waals surface area contributed by atoms with E-state index in [4.69, 9.17) is 5.73 Å². The van der Waals surface area contributed by atoms with Gasteiger partial charge in [-0.2, -0.15) is 0 Å². The Morgan fingerprint density at radius 2 is 1.70 bits per heavy atom. The molecule has 4 nitrogen and oxygen atoms in total. The number of hydrogen-bond acceptors (Lipinski definition) is 3. The summed E-state index contributed by atoms with van der Waals surface area (Å²) >= 11 is 0. The normalized spacial score (nSPS) is 27.7. The Balaban J connectivity index is 1.74. The average Bonchev–Trinajstić information content (AvgIpc) is 2.88. The highest BCUT2D eigenvalue weighted by Gasteiger charge is 2.52. The van der Waals surface area contributed by atoms with Crippen molar-refractivity contribution in [1.82, 2.24) is 0 Å². The maximum absolute atomic E-state index is 14.5. The number of hydrogen-bond donors (Lipinski definition) is 2. The summed E-state index contributed by atoms with van der Waals surface area (Å²) in [5, 5.41) is 11.3. The van der Waals surface area contributed by atoms with Crippen molar-refractivity contribution in [2.75, 3.05) is 11.4 Å². The second-order valence-corrected chi connectivity index (χ2v) is 7.53. The number of anilines is 1. The van der Waals surface area contributed by atoms with E-state index in [1.807, 2.05) is 0 Å². The number of carbonyl (C=O) groups excluding carboxylic acids is 1. The first-order valence-corrected chi connectivity index (χ1v) is 9.27. The molecule has 0 saturated heterocycles. The number of aliphatic hydroxyl groups is 1. The SMILES string of the molecule is N[C@H]1CC[C@H](CN2C(=O)C(O)(c3cccc(F)c3F)c3ccccc32)CC1. The first-order valence-electron chi connectivity index (χ1n) is 9.27. The number of halogens is 2. The fourth-order valence-electron chi connectivity index (χ4n) is 4.29. The number of amides is 1. The van der Waals surface area contributed by atoms with E-state index in [-0.39, 0.29) is 23.1 Å². The first-order chi connectivity index (χ1) is 12.9. The van der Waals surface area contributed by atoms with Gasteiger partial charge in [0.1, 0.15) is 0 Å². The third-order valence-corrected chi connectivity index (χ3v) is 5.81. The van der Waals surface area contributed by atoms with Crippen molar-refractivity contribution in [3.8, 4) is 0 Å². The molecule has 2 aromatic carbocycles. The number of para-hydroxylation sites is 1. The molecule has 1 aliphatic heterocycles. The monoisotopic (exact) mass is 372 g/mol. The van der Waals surface area contributed by atoms with Crippen LogP contribution >= 0.6 is 0 Å². The molecule has 27 heavy (non-hydrogen) atoms. The molecule has 6 heteroatoms. The quantitative estimate of drug-likeness (QED) is 0.870. The van der Waals surface area contributed by atoms with Gasteiger partial charge in [0.15, 0.2) is 17.2 Å². The van der Waals surface area contributed by atoms with Gasteiger partial charge in [0, 0.05) is 23.7 Å². The minimum Gasteiger partial charge on any atom is -0.372 e. The van der Waals surface area contributed by atoms with Crippen LogP contribution in [0.3, 0.4) is 0 Å². The first kappa shape index (κ1) is 18.1. The van der Waals surface area contributed by atoms with Crippen LogP contribution in [0.25, 0.3) is 0 Å². The van der Waals surface area contributed by atoms with Crippen LogP contribution in [0.15, 0.2) is 42.5 Å². The second kappa shape index (κ2) is 6.69. The smallest absolute Gasteiger partial charge is 0.268 e. The highest BCUT2D eigenvalue weighted by atomic mass is 19.2. The van der Waals surface area contributed by atoms with Gasteiger partial charge < -0.3 is 15.7 Å². The molecule has 1 saturated carbocycles. The Bertz CT molecular complexity index is 880. The van der Waals surface area contributed by atoms with Crippen molar-refractivity contribution in [1.29, 1.82) is 0 Å². The maximum atomic E-state index is 14.5. The zero-order valence-corrected chi connectivity index (χ0v) is 14.9. The van der Waals surface area contributed by atoms with E-state index in [1.165, 1.54) is 17.0 Å². The van der Waals surface area contributed by atoms with Gasteiger partial charge in [-0.25, -0.2) is 8.78 Å². The van der Waals surface area contributed by atoms with E-state index >= 15 is 0 Å². The van der Waals surface area contributed by atoms with Crippen LogP contribution in [0, 0.1) is 17.6 Å². The summed E-state index contributed by atoms with van der Waals surface area (Å²) < 4.78 is 28.3. The number of nitrogens with zero attached hydrogens (tertiary/aromatic N) is 1. The zero-order valence-electron chi connectivity index (χ0n) is 14.9. The van der Waals surface area contributed by atoms with Crippen molar-refractivity contribution in [2.24, 2.45) is 11.7 Å². The van der Waals surface area contributed by atoms with Gasteiger partial charge in [0.25, 0.3) is 5.91 Å². The molecule has 4 rings (SSSR count). The third-order valence-electron chi connectivity index (χ3n) is 5.81. The minimum atomic E-state index is -2.23. The van der Waals surface area contributed by atoms with E-state index in [0.717, 1.165) is 31.7 Å². The molecule has 1 fully saturated rings. The van der Waals surface area contributed by atoms with Gasteiger partial charge >= 0.3 is 0 Å². The molecular weight excluding hydrogens is 350 g/mol. The maximum Gasteiger partial charge on any atom is 0.268 e. The van der Waals surface area contributed by atoms with Crippen LogP contribution in [0.5, 0.6) is 0 Å². The standard InChI is InChI=1S/C21H22F2N2O2/c22-17-6-3-5-16(19(17)23)21(27)15-4-1-2-7-18(15)25(20(21)26)12-13-8-10-14(24)11-9-13/h1-7,13-14,27H,8-12,24H2/t13-,14-,21?. The fourth-order valence-corrected chi connectivity index (χ4v) is 4.29. The Hall–Kier alpha value is -2.31. The Labute approximate surface area is 156 Å². The highest BCUT2D eigenvalue weighted by molar-refractivity contribution is 6.09. The van der Waals surface area contributed by atoms with Crippen LogP contribution < -0.4 is 10.6 Å². The lowest BCUT2D eigenvalue weighted by Gasteiger charge is -2.30. The molecule has 142 valence electrons. The van der Waals surface area contributed by atoms with Gasteiger partial charge in [0.05, 0.1) is 5.69 Å². The number of carbonyl (C=O) groups is 1. The van der Waals surface area contributed by atoms with Crippen LogP contribution in [0.1, 0.15) is 36.8 Å². The summed E-state index contributed by atoms with van der Waals surface area (Å²) in [6.45, 7) is 0.432. The lowest BCUT2D eigenvalue weighted by atomic mass is 9.86. The molecule has 0 aromatic heterocycles. The molecule has 3 N–H and O–H groups in total. The Kier molecular flexibility index (Phi) is 4.48. The number of rotatable bonds is 3. The van der Waals surface area contributed by atoms with Gasteiger partial charge in [-0.15, -0.1) is 0 Å². The lowest BCUT2D eigenvalue weighted by molar-refractivity contribution is -0.132. The highest BCUT2D eigenvalue weighted by Crippen LogP contribution is 2.46. The summed E-state index contributed by atoms with van der Waals surface area (Å²) in [6.07, 6.45) is 3.61. The molecule has 1 atom stereocenters. The van der Waals surface area contributed by atoms with Crippen molar-refractivity contribution in [3.05, 3.63) is 65.2 Å². The van der Waals surface area contributed by atoms with Crippen molar-refractivity contribution < 1.29 is 18.7 Å². The van der Waals surface area contributed by atoms with Crippen LogP contribution in [0.4, 0.5) is 14.5 Å². The van der Waals surface area contributed by atoms with Crippen molar-refractivity contribution >= 4 is 11.6 Å². The molecule has 0 bridgehead atoms. The molecule has 0 spiro atoms. The number of fused-ring (bicyclic) bond motifs is 1. The minimum absolute atomic E-state index is 0.195. The summed E-state index contributed by atoms with van der Waals surface area (Å²) in [4.78, 5) is 14.8. The van der Waals surface area contributed by atoms with Gasteiger partial charge in [-0.3, -0.25) is 4.79 Å². The summed E-state index contributed by atoms with van der Waals surface area (Å²) in [7, 11) is 0. The molecule has 0 radical (unpaired) electrons. The second-order valence-electron chi connectivity index (χ2n) is 7.53. The predicted molar refractivity (Wildman–Crippen MR) is 98.1 cm³/mol. The largest absolute Gasteiger partial charge is 0.372 e. The summed E-state index contributed by atoms with van der Waals surface area (Å²) in [6, 6.07) is 10.5. The third kappa shape index (κ3) is 2.84.